The molecule has 0 aliphatic rings. The number of nitrogens with zero attached hydrogens (tertiary/aromatic N) is 1. The zero-order chi connectivity index (χ0) is 20.8. The molecule has 0 radical (unpaired) electrons. The van der Waals surface area contributed by atoms with Gasteiger partial charge in [-0.15, -0.1) is 0 Å². The van der Waals surface area contributed by atoms with Gasteiger partial charge in [-0.1, -0.05) is 58.3 Å². The maximum absolute atomic E-state index is 10.7. The van der Waals surface area contributed by atoms with Crippen molar-refractivity contribution in [2.75, 3.05) is 26.2 Å². The van der Waals surface area contributed by atoms with Crippen molar-refractivity contribution in [1.29, 1.82) is 0 Å². The number of rotatable bonds is 14. The Labute approximate surface area is 156 Å². The Balaban J connectivity index is 0. The number of halogens is 6. The van der Waals surface area contributed by atoms with Gasteiger partial charge in [0.05, 0.1) is 26.2 Å². The van der Waals surface area contributed by atoms with Crippen molar-refractivity contribution in [3.8, 4) is 0 Å². The van der Waals surface area contributed by atoms with Crippen LogP contribution in [0.2, 0.25) is 0 Å². The van der Waals surface area contributed by atoms with Crippen LogP contribution in [0.25, 0.3) is 0 Å². The molecule has 0 aliphatic heterocycles. The second kappa shape index (κ2) is 11.7. The van der Waals surface area contributed by atoms with Crippen molar-refractivity contribution in [1.82, 2.24) is 0 Å². The van der Waals surface area contributed by atoms with Gasteiger partial charge in [0.2, 0.25) is 0 Å². The Morgan fingerprint density at radius 3 is 1.04 bits per heavy atom. The van der Waals surface area contributed by atoms with E-state index in [9.17, 15) is 25.2 Å². The minimum absolute atomic E-state index is 1.31. The molecule has 164 valence electrons. The Morgan fingerprint density at radius 1 is 0.500 bits per heavy atom. The first-order valence-electron chi connectivity index (χ1n) is 10.1. The predicted molar refractivity (Wildman–Crippen MR) is 102 cm³/mol. The van der Waals surface area contributed by atoms with Crippen molar-refractivity contribution >= 4 is 7.81 Å². The molecule has 0 saturated heterocycles. The fourth-order valence-corrected chi connectivity index (χ4v) is 3.08. The van der Waals surface area contributed by atoms with E-state index in [0.717, 1.165) is 0 Å². The molecule has 0 aromatic heterocycles. The third kappa shape index (κ3) is 26.2. The van der Waals surface area contributed by atoms with Crippen LogP contribution in [0.4, 0.5) is 25.2 Å². The molecule has 0 rings (SSSR count). The van der Waals surface area contributed by atoms with Gasteiger partial charge in [0.15, 0.2) is 0 Å². The van der Waals surface area contributed by atoms with E-state index in [4.69, 9.17) is 0 Å². The van der Waals surface area contributed by atoms with Crippen molar-refractivity contribution in [2.45, 2.75) is 91.9 Å². The normalized spacial score (nSPS) is 15.0. The summed E-state index contributed by atoms with van der Waals surface area (Å²) in [5, 5.41) is 0. The Kier molecular flexibility index (Phi) is 12.7. The summed E-state index contributed by atoms with van der Waals surface area (Å²) in [6.45, 7) is 14.7. The summed E-state index contributed by atoms with van der Waals surface area (Å²) in [6, 6.07) is 0. The van der Waals surface area contributed by atoms with E-state index in [2.05, 4.69) is 27.7 Å². The van der Waals surface area contributed by atoms with Crippen molar-refractivity contribution < 1.29 is 29.7 Å². The van der Waals surface area contributed by atoms with Crippen LogP contribution in [0.15, 0.2) is 0 Å². The second-order valence-corrected chi connectivity index (χ2v) is 9.07. The van der Waals surface area contributed by atoms with Gasteiger partial charge >= 0.3 is 33.0 Å². The summed E-state index contributed by atoms with van der Waals surface area (Å²) in [5.41, 5.74) is 0. The molecule has 0 N–H and O–H groups in total. The second-order valence-electron chi connectivity index (χ2n) is 7.15. The molecule has 0 heterocycles. The van der Waals surface area contributed by atoms with Crippen LogP contribution >= 0.6 is 7.81 Å². The average Bonchev–Trinajstić information content (AvgIpc) is 2.50. The van der Waals surface area contributed by atoms with Gasteiger partial charge in [-0.2, -0.15) is 0 Å². The summed E-state index contributed by atoms with van der Waals surface area (Å²) >= 11 is 0. The minimum atomic E-state index is -10.7. The SMILES string of the molecule is CCCCCCCCCCCC[N+](CC)(CC)CC.F[P-](F)(F)(F)(F)F. The number of hydrogen-bond acceptors (Lipinski definition) is 0. The monoisotopic (exact) mass is 415 g/mol. The van der Waals surface area contributed by atoms with Crippen LogP contribution in [0.3, 0.4) is 0 Å². The van der Waals surface area contributed by atoms with Crippen LogP contribution < -0.4 is 0 Å². The first-order chi connectivity index (χ1) is 11.7. The molecule has 0 amide bonds. The molecule has 1 nitrogen and oxygen atoms in total. The third-order valence-corrected chi connectivity index (χ3v) is 5.00. The van der Waals surface area contributed by atoms with Crippen LogP contribution in [-0.4, -0.2) is 30.7 Å². The molecule has 0 aromatic carbocycles. The number of unbranched alkanes of at least 4 members (excludes halogenated alkanes) is 9. The van der Waals surface area contributed by atoms with Gasteiger partial charge in [-0.3, -0.25) is 0 Å². The first-order valence-corrected chi connectivity index (χ1v) is 12.1. The van der Waals surface area contributed by atoms with Crippen molar-refractivity contribution in [3.63, 3.8) is 0 Å². The van der Waals surface area contributed by atoms with Gasteiger partial charge in [-0.25, -0.2) is 0 Å². The van der Waals surface area contributed by atoms with Gasteiger partial charge in [-0.05, 0) is 33.6 Å². The van der Waals surface area contributed by atoms with E-state index in [1.807, 2.05) is 0 Å². The Hall–Kier alpha value is -0.0300. The van der Waals surface area contributed by atoms with Crippen LogP contribution in [-0.2, 0) is 0 Å². The van der Waals surface area contributed by atoms with Gasteiger partial charge < -0.3 is 4.48 Å². The summed E-state index contributed by atoms with van der Waals surface area (Å²) in [6.07, 6.45) is 14.5. The Morgan fingerprint density at radius 2 is 0.769 bits per heavy atom. The molecule has 0 atom stereocenters. The molecular formula is C18H40F6NP. The van der Waals surface area contributed by atoms with Crippen molar-refractivity contribution in [2.24, 2.45) is 0 Å². The van der Waals surface area contributed by atoms with E-state index in [1.165, 1.54) is 94.9 Å². The molecular weight excluding hydrogens is 375 g/mol. The molecule has 0 spiro atoms. The molecule has 0 bridgehead atoms. The molecule has 0 aliphatic carbocycles. The average molecular weight is 415 g/mol. The van der Waals surface area contributed by atoms with E-state index < -0.39 is 7.81 Å². The van der Waals surface area contributed by atoms with Crippen molar-refractivity contribution in [3.05, 3.63) is 0 Å². The summed E-state index contributed by atoms with van der Waals surface area (Å²) in [4.78, 5) is 0. The molecule has 0 unspecified atom stereocenters. The molecule has 26 heavy (non-hydrogen) atoms. The standard InChI is InChI=1S/C18H40N.F6P/c1-5-9-10-11-12-13-14-15-16-17-18-19(6-2,7-3)8-4;1-7(2,3,4,5)6/h5-18H2,1-4H3;/q+1;-1. The molecule has 0 fully saturated rings. The first kappa shape index (κ1) is 28.2. The molecule has 0 saturated carbocycles. The van der Waals surface area contributed by atoms with Gasteiger partial charge in [0.25, 0.3) is 0 Å². The number of hydrogen-bond donors (Lipinski definition) is 0. The van der Waals surface area contributed by atoms with Gasteiger partial charge in [0, 0.05) is 0 Å². The number of quaternary nitrogens is 1. The third-order valence-electron chi connectivity index (χ3n) is 5.00. The van der Waals surface area contributed by atoms with E-state index in [-0.39, 0.29) is 0 Å². The van der Waals surface area contributed by atoms with Crippen LogP contribution in [0.1, 0.15) is 91.9 Å². The molecule has 0 aromatic rings. The van der Waals surface area contributed by atoms with Crippen LogP contribution in [0.5, 0.6) is 0 Å². The fraction of sp³-hybridized carbons (Fsp3) is 1.00. The summed E-state index contributed by atoms with van der Waals surface area (Å²) < 4.78 is 60.5. The molecule has 8 heteroatoms. The summed E-state index contributed by atoms with van der Waals surface area (Å²) in [5.74, 6) is 0. The zero-order valence-corrected chi connectivity index (χ0v) is 18.0. The zero-order valence-electron chi connectivity index (χ0n) is 17.1. The topological polar surface area (TPSA) is 0 Å². The summed E-state index contributed by atoms with van der Waals surface area (Å²) in [7, 11) is -10.7. The predicted octanol–water partition coefficient (Wildman–Crippen LogP) is 9.17. The van der Waals surface area contributed by atoms with E-state index in [0.29, 0.717) is 0 Å². The van der Waals surface area contributed by atoms with Crippen LogP contribution in [0, 0.1) is 0 Å². The van der Waals surface area contributed by atoms with E-state index >= 15 is 0 Å². The quantitative estimate of drug-likeness (QED) is 0.115. The fourth-order valence-electron chi connectivity index (χ4n) is 3.08. The van der Waals surface area contributed by atoms with Gasteiger partial charge in [0.1, 0.15) is 0 Å². The Bertz CT molecular complexity index is 318. The maximum atomic E-state index is 9.87. The van der Waals surface area contributed by atoms with E-state index in [1.54, 1.807) is 0 Å².